The van der Waals surface area contributed by atoms with Crippen molar-refractivity contribution in [3.05, 3.63) is 70.3 Å². The van der Waals surface area contributed by atoms with E-state index in [0.717, 1.165) is 16.4 Å². The van der Waals surface area contributed by atoms with Gasteiger partial charge in [-0.25, -0.2) is 0 Å². The maximum absolute atomic E-state index is 10.9. The second kappa shape index (κ2) is 7.61. The molecule has 0 saturated carbocycles. The van der Waals surface area contributed by atoms with E-state index in [1.54, 1.807) is 12.1 Å². The van der Waals surface area contributed by atoms with Gasteiger partial charge in [0.2, 0.25) is 0 Å². The van der Waals surface area contributed by atoms with Gasteiger partial charge in [-0.3, -0.25) is 15.1 Å². The van der Waals surface area contributed by atoms with Crippen molar-refractivity contribution < 1.29 is 4.92 Å². The van der Waals surface area contributed by atoms with Gasteiger partial charge in [-0.05, 0) is 17.9 Å². The van der Waals surface area contributed by atoms with Crippen LogP contribution in [-0.4, -0.2) is 23.4 Å². The number of nitrogens with zero attached hydrogens (tertiary/aromatic N) is 3. The number of amidine groups is 1. The summed E-state index contributed by atoms with van der Waals surface area (Å²) in [5.74, 6) is 0. The summed E-state index contributed by atoms with van der Waals surface area (Å²) in [5.41, 5.74) is 1.95. The number of hydrogen-bond acceptors (Lipinski definition) is 4. The van der Waals surface area contributed by atoms with E-state index in [2.05, 4.69) is 4.99 Å². The smallest absolute Gasteiger partial charge is 0.271 e. The van der Waals surface area contributed by atoms with Crippen LogP contribution < -0.4 is 4.90 Å². The highest BCUT2D eigenvalue weighted by Crippen LogP contribution is 2.22. The first-order valence-electron chi connectivity index (χ1n) is 6.72. The topological polar surface area (TPSA) is 58.7 Å². The molecular weight excluding hydrogens is 298 g/mol. The number of nitro benzene ring substituents is 1. The van der Waals surface area contributed by atoms with E-state index >= 15 is 0 Å². The maximum Gasteiger partial charge on any atom is 0.271 e. The van der Waals surface area contributed by atoms with Crippen molar-refractivity contribution >= 4 is 28.3 Å². The highest BCUT2D eigenvalue weighted by atomic mass is 32.2. The molecule has 0 atom stereocenters. The molecule has 0 radical (unpaired) electrons. The molecule has 0 aliphatic carbocycles. The molecule has 0 aliphatic heterocycles. The molecule has 0 saturated heterocycles. The van der Waals surface area contributed by atoms with Crippen molar-refractivity contribution in [3.63, 3.8) is 0 Å². The van der Waals surface area contributed by atoms with Crippen molar-refractivity contribution in [2.24, 2.45) is 4.99 Å². The third-order valence-corrected chi connectivity index (χ3v) is 3.91. The van der Waals surface area contributed by atoms with Gasteiger partial charge in [-0.2, -0.15) is 0 Å². The van der Waals surface area contributed by atoms with Crippen molar-refractivity contribution in [1.29, 1.82) is 0 Å². The van der Waals surface area contributed by atoms with Gasteiger partial charge in [-0.15, -0.1) is 0 Å². The second-order valence-corrected chi connectivity index (χ2v) is 5.40. The summed E-state index contributed by atoms with van der Waals surface area (Å²) in [7, 11) is 1.86. The van der Waals surface area contributed by atoms with Crippen molar-refractivity contribution in [2.45, 2.75) is 6.54 Å². The lowest BCUT2D eigenvalue weighted by Crippen LogP contribution is -2.23. The molecule has 0 aliphatic rings. The number of non-ortho nitro benzene ring substituents is 1. The monoisotopic (exact) mass is 315 g/mol. The maximum atomic E-state index is 10.9. The van der Waals surface area contributed by atoms with E-state index in [1.807, 2.05) is 54.6 Å². The fraction of sp³-hybridized carbons (Fsp3) is 0.188. The Morgan fingerprint density at radius 3 is 2.59 bits per heavy atom. The molecule has 0 aromatic heterocycles. The Labute approximate surface area is 133 Å². The summed E-state index contributed by atoms with van der Waals surface area (Å²) in [4.78, 5) is 16.9. The largest absolute Gasteiger partial charge is 0.324 e. The predicted octanol–water partition coefficient (Wildman–Crippen LogP) is 3.95. The fourth-order valence-corrected chi connectivity index (χ4v) is 2.55. The number of aliphatic imine (C=N–C) groups is 1. The summed E-state index contributed by atoms with van der Waals surface area (Å²) in [6.07, 6.45) is 1.94. The first kappa shape index (κ1) is 16.0. The van der Waals surface area contributed by atoms with Gasteiger partial charge in [0.15, 0.2) is 5.17 Å². The predicted molar refractivity (Wildman–Crippen MR) is 92.6 cm³/mol. The molecule has 2 aromatic rings. The Kier molecular flexibility index (Phi) is 5.55. The lowest BCUT2D eigenvalue weighted by atomic mass is 10.2. The van der Waals surface area contributed by atoms with Crippen LogP contribution >= 0.6 is 11.8 Å². The minimum atomic E-state index is -0.392. The highest BCUT2D eigenvalue weighted by molar-refractivity contribution is 8.13. The van der Waals surface area contributed by atoms with Crippen LogP contribution in [-0.2, 0) is 6.54 Å². The van der Waals surface area contributed by atoms with E-state index in [0.29, 0.717) is 6.54 Å². The van der Waals surface area contributed by atoms with E-state index < -0.39 is 4.92 Å². The minimum absolute atomic E-state index is 0.0767. The standard InChI is InChI=1S/C16H17N3O2S/c1-18(14-9-6-10-15(11-14)19(20)21)16(22-2)17-12-13-7-4-3-5-8-13/h3-11H,12H2,1-2H3. The minimum Gasteiger partial charge on any atom is -0.324 e. The van der Waals surface area contributed by atoms with Crippen LogP contribution in [0.2, 0.25) is 0 Å². The molecular formula is C16H17N3O2S. The van der Waals surface area contributed by atoms with Gasteiger partial charge in [-0.1, -0.05) is 48.2 Å². The summed E-state index contributed by atoms with van der Waals surface area (Å²) < 4.78 is 0. The molecule has 0 amide bonds. The van der Waals surface area contributed by atoms with Crippen molar-refractivity contribution in [1.82, 2.24) is 0 Å². The molecule has 2 aromatic carbocycles. The fourth-order valence-electron chi connectivity index (χ4n) is 1.98. The van der Waals surface area contributed by atoms with Gasteiger partial charge < -0.3 is 4.90 Å². The quantitative estimate of drug-likeness (QED) is 0.371. The number of nitro groups is 1. The first-order valence-corrected chi connectivity index (χ1v) is 7.95. The van der Waals surface area contributed by atoms with Crippen molar-refractivity contribution in [2.75, 3.05) is 18.2 Å². The zero-order valence-corrected chi connectivity index (χ0v) is 13.3. The van der Waals surface area contributed by atoms with E-state index in [-0.39, 0.29) is 5.69 Å². The molecule has 6 heteroatoms. The van der Waals surface area contributed by atoms with E-state index in [9.17, 15) is 10.1 Å². The van der Waals surface area contributed by atoms with Crippen LogP contribution in [0, 0.1) is 10.1 Å². The van der Waals surface area contributed by atoms with Crippen LogP contribution in [0.4, 0.5) is 11.4 Å². The zero-order chi connectivity index (χ0) is 15.9. The number of hydrogen-bond donors (Lipinski definition) is 0. The van der Waals surface area contributed by atoms with Crippen LogP contribution in [0.3, 0.4) is 0 Å². The Morgan fingerprint density at radius 1 is 1.23 bits per heavy atom. The zero-order valence-electron chi connectivity index (χ0n) is 12.5. The average molecular weight is 315 g/mol. The number of benzene rings is 2. The molecule has 5 nitrogen and oxygen atoms in total. The Hall–Kier alpha value is -2.34. The summed E-state index contributed by atoms with van der Waals surface area (Å²) in [6, 6.07) is 16.5. The van der Waals surface area contributed by atoms with Crippen molar-refractivity contribution in [3.8, 4) is 0 Å². The van der Waals surface area contributed by atoms with E-state index in [4.69, 9.17) is 0 Å². The second-order valence-electron chi connectivity index (χ2n) is 4.62. The van der Waals surface area contributed by atoms with Crippen LogP contribution in [0.1, 0.15) is 5.56 Å². The average Bonchev–Trinajstić information content (AvgIpc) is 2.56. The molecule has 0 bridgehead atoms. The van der Waals surface area contributed by atoms with Gasteiger partial charge in [0, 0.05) is 24.9 Å². The highest BCUT2D eigenvalue weighted by Gasteiger charge is 2.12. The third kappa shape index (κ3) is 4.08. The van der Waals surface area contributed by atoms with Crippen LogP contribution in [0.15, 0.2) is 59.6 Å². The number of rotatable bonds is 4. The molecule has 114 valence electrons. The lowest BCUT2D eigenvalue weighted by Gasteiger charge is -2.19. The van der Waals surface area contributed by atoms with Gasteiger partial charge in [0.05, 0.1) is 11.5 Å². The normalized spacial score (nSPS) is 11.3. The van der Waals surface area contributed by atoms with Gasteiger partial charge >= 0.3 is 0 Å². The summed E-state index contributed by atoms with van der Waals surface area (Å²) in [5, 5.41) is 11.7. The number of thioether (sulfide) groups is 1. The first-order chi connectivity index (χ1) is 10.6. The summed E-state index contributed by atoms with van der Waals surface area (Å²) >= 11 is 1.51. The van der Waals surface area contributed by atoms with Crippen LogP contribution in [0.25, 0.3) is 0 Å². The Balaban J connectivity index is 2.19. The molecule has 0 N–H and O–H groups in total. The van der Waals surface area contributed by atoms with E-state index in [1.165, 1.54) is 17.8 Å². The van der Waals surface area contributed by atoms with Crippen LogP contribution in [0.5, 0.6) is 0 Å². The van der Waals surface area contributed by atoms with Gasteiger partial charge in [0.1, 0.15) is 0 Å². The Morgan fingerprint density at radius 2 is 1.95 bits per heavy atom. The molecule has 0 fully saturated rings. The molecule has 22 heavy (non-hydrogen) atoms. The molecule has 0 unspecified atom stereocenters. The lowest BCUT2D eigenvalue weighted by molar-refractivity contribution is -0.384. The number of anilines is 1. The molecule has 2 rings (SSSR count). The SMILES string of the molecule is CSC(=NCc1ccccc1)N(C)c1cccc([N+](=O)[O-])c1. The summed E-state index contributed by atoms with van der Waals surface area (Å²) in [6.45, 7) is 0.580. The molecule has 0 heterocycles. The molecule has 0 spiro atoms. The third-order valence-electron chi connectivity index (χ3n) is 3.14. The Bertz CT molecular complexity index is 674. The van der Waals surface area contributed by atoms with Gasteiger partial charge in [0.25, 0.3) is 5.69 Å².